The Morgan fingerprint density at radius 3 is 1.26 bits per heavy atom. The maximum Gasteiger partial charge on any atom is -0.00259 e. The highest BCUT2D eigenvalue weighted by Gasteiger charge is 2.16. The molecular weight excluding hydrogens is 408 g/mol. The summed E-state index contributed by atoms with van der Waals surface area (Å²) in [5, 5.41) is 10.7. The van der Waals surface area contributed by atoms with Crippen molar-refractivity contribution in [1.29, 1.82) is 0 Å². The minimum Gasteiger partial charge on any atom is -0.0620 e. The molecule has 0 spiro atoms. The highest BCUT2D eigenvalue weighted by molar-refractivity contribution is 6.33. The smallest absolute Gasteiger partial charge is 0.00259 e. The van der Waals surface area contributed by atoms with Crippen LogP contribution in [-0.2, 0) is 0 Å². The van der Waals surface area contributed by atoms with E-state index in [0.29, 0.717) is 0 Å². The zero-order chi connectivity index (χ0) is 22.8. The molecule has 0 unspecified atom stereocenters. The molecule has 34 heavy (non-hydrogen) atoms. The highest BCUT2D eigenvalue weighted by atomic mass is 14.2. The van der Waals surface area contributed by atoms with Gasteiger partial charge < -0.3 is 0 Å². The highest BCUT2D eigenvalue weighted by Crippen LogP contribution is 2.44. The largest absolute Gasteiger partial charge is 0.0620 e. The molecule has 7 rings (SSSR count). The third-order valence-electron chi connectivity index (χ3n) is 7.45. The predicted octanol–water partition coefficient (Wildman–Crippen LogP) is 9.69. The first-order valence-corrected chi connectivity index (χ1v) is 12.0. The van der Waals surface area contributed by atoms with Crippen molar-refractivity contribution in [2.75, 3.05) is 0 Å². The van der Waals surface area contributed by atoms with Crippen LogP contribution in [0.3, 0.4) is 0 Å². The fourth-order valence-electron chi connectivity index (χ4n) is 5.83. The van der Waals surface area contributed by atoms with Crippen LogP contribution in [-0.4, -0.2) is 0 Å². The topological polar surface area (TPSA) is 0 Å². The van der Waals surface area contributed by atoms with Crippen molar-refractivity contribution < 1.29 is 0 Å². The minimum atomic E-state index is 1.28. The third kappa shape index (κ3) is 2.72. The summed E-state index contributed by atoms with van der Waals surface area (Å²) < 4.78 is 0. The van der Waals surface area contributed by atoms with E-state index >= 15 is 0 Å². The van der Waals surface area contributed by atoms with E-state index in [0.717, 1.165) is 0 Å². The molecule has 0 heterocycles. The summed E-state index contributed by atoms with van der Waals surface area (Å²) in [6.45, 7) is 4.40. The lowest BCUT2D eigenvalue weighted by Gasteiger charge is -2.18. The molecule has 0 atom stereocenters. The van der Waals surface area contributed by atoms with Crippen LogP contribution in [0.1, 0.15) is 11.1 Å². The Balaban J connectivity index is 1.70. The maximum atomic E-state index is 2.42. The van der Waals surface area contributed by atoms with E-state index in [4.69, 9.17) is 0 Å². The third-order valence-corrected chi connectivity index (χ3v) is 7.45. The molecule has 0 aromatic heterocycles. The normalized spacial score (nSPS) is 11.8. The van der Waals surface area contributed by atoms with Gasteiger partial charge in [0.05, 0.1) is 0 Å². The Morgan fingerprint density at radius 2 is 0.824 bits per heavy atom. The average molecular weight is 433 g/mol. The van der Waals surface area contributed by atoms with E-state index in [2.05, 4.69) is 123 Å². The van der Waals surface area contributed by atoms with Crippen LogP contribution in [0.25, 0.3) is 65.3 Å². The molecule has 0 aliphatic rings. The Hall–Kier alpha value is -4.16. The molecule has 0 aliphatic heterocycles. The van der Waals surface area contributed by atoms with E-state index < -0.39 is 0 Å². The summed E-state index contributed by atoms with van der Waals surface area (Å²) in [7, 11) is 0. The summed E-state index contributed by atoms with van der Waals surface area (Å²) in [6.07, 6.45) is 0. The number of hydrogen-bond acceptors (Lipinski definition) is 0. The predicted molar refractivity (Wildman–Crippen MR) is 148 cm³/mol. The fourth-order valence-corrected chi connectivity index (χ4v) is 5.83. The van der Waals surface area contributed by atoms with Gasteiger partial charge in [-0.25, -0.2) is 0 Å². The van der Waals surface area contributed by atoms with Crippen LogP contribution in [0.15, 0.2) is 109 Å². The molecule has 7 aromatic rings. The van der Waals surface area contributed by atoms with Crippen molar-refractivity contribution in [2.45, 2.75) is 13.8 Å². The number of hydrogen-bond donors (Lipinski definition) is 0. The summed E-state index contributed by atoms with van der Waals surface area (Å²) >= 11 is 0. The molecule has 0 saturated heterocycles. The van der Waals surface area contributed by atoms with Gasteiger partial charge in [-0.05, 0) is 115 Å². The first-order chi connectivity index (χ1) is 16.7. The second-order valence-corrected chi connectivity index (χ2v) is 9.48. The number of fused-ring (bicyclic) bond motifs is 2. The molecule has 0 fully saturated rings. The number of rotatable bonds is 2. The minimum absolute atomic E-state index is 1.28. The van der Waals surface area contributed by atoms with Gasteiger partial charge >= 0.3 is 0 Å². The molecule has 0 nitrogen and oxygen atoms in total. The van der Waals surface area contributed by atoms with E-state index in [1.54, 1.807) is 0 Å². The van der Waals surface area contributed by atoms with Gasteiger partial charge in [-0.3, -0.25) is 0 Å². The molecule has 0 N–H and O–H groups in total. The van der Waals surface area contributed by atoms with Crippen molar-refractivity contribution >= 4 is 43.1 Å². The standard InChI is InChI=1S/C34H24/c1-21-9-3-5-13-27(21)25-17-23-11-7-15-29-30-16-8-12-24-18-26(28-14-6-4-10-22(28)2)20-32(34(24)30)31(19-25)33(23)29/h3-20H,1-2H3. The van der Waals surface area contributed by atoms with Crippen LogP contribution in [0.5, 0.6) is 0 Å². The Morgan fingerprint density at radius 1 is 0.382 bits per heavy atom. The van der Waals surface area contributed by atoms with Crippen molar-refractivity contribution in [3.63, 3.8) is 0 Å². The molecule has 0 heteroatoms. The van der Waals surface area contributed by atoms with Gasteiger partial charge in [-0.1, -0.05) is 84.9 Å². The zero-order valence-electron chi connectivity index (χ0n) is 19.4. The van der Waals surface area contributed by atoms with Crippen molar-refractivity contribution in [2.24, 2.45) is 0 Å². The molecule has 7 aromatic carbocycles. The zero-order valence-corrected chi connectivity index (χ0v) is 19.4. The second-order valence-electron chi connectivity index (χ2n) is 9.48. The molecule has 160 valence electrons. The number of aryl methyl sites for hydroxylation is 2. The van der Waals surface area contributed by atoms with Gasteiger partial charge in [0.2, 0.25) is 0 Å². The summed E-state index contributed by atoms with van der Waals surface area (Å²) in [6, 6.07) is 40.5. The Labute approximate surface area is 199 Å². The monoisotopic (exact) mass is 432 g/mol. The summed E-state index contributed by atoms with van der Waals surface area (Å²) in [5.41, 5.74) is 7.78. The van der Waals surface area contributed by atoms with Crippen LogP contribution >= 0.6 is 0 Å². The molecule has 0 radical (unpaired) electrons. The van der Waals surface area contributed by atoms with Crippen molar-refractivity contribution in [3.8, 4) is 22.3 Å². The first kappa shape index (κ1) is 19.3. The quantitative estimate of drug-likeness (QED) is 0.188. The van der Waals surface area contributed by atoms with E-state index in [1.807, 2.05) is 0 Å². The summed E-state index contributed by atoms with van der Waals surface area (Å²) in [4.78, 5) is 0. The fraction of sp³-hybridized carbons (Fsp3) is 0.0588. The van der Waals surface area contributed by atoms with Crippen molar-refractivity contribution in [3.05, 3.63) is 120 Å². The van der Waals surface area contributed by atoms with E-state index in [9.17, 15) is 0 Å². The first-order valence-electron chi connectivity index (χ1n) is 12.0. The van der Waals surface area contributed by atoms with Crippen LogP contribution in [0.4, 0.5) is 0 Å². The average Bonchev–Trinajstić information content (AvgIpc) is 2.87. The molecule has 0 bridgehead atoms. The van der Waals surface area contributed by atoms with Gasteiger partial charge in [0.25, 0.3) is 0 Å². The van der Waals surface area contributed by atoms with E-state index in [-0.39, 0.29) is 0 Å². The lowest BCUT2D eigenvalue weighted by atomic mass is 9.85. The lowest BCUT2D eigenvalue weighted by Crippen LogP contribution is -1.91. The van der Waals surface area contributed by atoms with Gasteiger partial charge in [0.1, 0.15) is 0 Å². The molecular formula is C34H24. The van der Waals surface area contributed by atoms with Crippen LogP contribution in [0.2, 0.25) is 0 Å². The maximum absolute atomic E-state index is 2.42. The van der Waals surface area contributed by atoms with Gasteiger partial charge in [-0.2, -0.15) is 0 Å². The molecule has 0 aliphatic carbocycles. The van der Waals surface area contributed by atoms with E-state index in [1.165, 1.54) is 76.5 Å². The van der Waals surface area contributed by atoms with Crippen LogP contribution in [0, 0.1) is 13.8 Å². The van der Waals surface area contributed by atoms with Gasteiger partial charge in [0.15, 0.2) is 0 Å². The second kappa shape index (κ2) is 7.17. The van der Waals surface area contributed by atoms with Gasteiger partial charge in [0, 0.05) is 0 Å². The number of benzene rings is 7. The lowest BCUT2D eigenvalue weighted by molar-refractivity contribution is 1.46. The summed E-state index contributed by atoms with van der Waals surface area (Å²) in [5.74, 6) is 0. The van der Waals surface area contributed by atoms with Crippen molar-refractivity contribution in [1.82, 2.24) is 0 Å². The SMILES string of the molecule is Cc1ccccc1-c1cc2cccc3c4cccc5cc(-c6ccccc6C)cc(c(c1)c23)c54. The van der Waals surface area contributed by atoms with Crippen LogP contribution < -0.4 is 0 Å². The van der Waals surface area contributed by atoms with Gasteiger partial charge in [-0.15, -0.1) is 0 Å². The Bertz CT molecular complexity index is 1730. The molecule has 0 amide bonds. The molecule has 0 saturated carbocycles. The Kier molecular flexibility index (Phi) is 4.07.